The van der Waals surface area contributed by atoms with E-state index in [4.69, 9.17) is 28.2 Å². The van der Waals surface area contributed by atoms with E-state index in [1.54, 1.807) is 11.3 Å². The quantitative estimate of drug-likeness (QED) is 0.444. The highest BCUT2D eigenvalue weighted by atomic mass is 35.5. The van der Waals surface area contributed by atoms with Gasteiger partial charge in [0, 0.05) is 31.5 Å². The molecule has 0 fully saturated rings. The highest BCUT2D eigenvalue weighted by molar-refractivity contribution is 7.99. The van der Waals surface area contributed by atoms with Crippen LogP contribution in [0.1, 0.15) is 22.1 Å². The Morgan fingerprint density at radius 3 is 2.67 bits per heavy atom. The monoisotopic (exact) mass is 389 g/mol. The maximum absolute atomic E-state index is 6.48. The van der Waals surface area contributed by atoms with E-state index in [0.717, 1.165) is 23.4 Å². The van der Waals surface area contributed by atoms with Crippen LogP contribution in [0.5, 0.6) is 0 Å². The van der Waals surface area contributed by atoms with Crippen LogP contribution in [0, 0.1) is 0 Å². The van der Waals surface area contributed by atoms with Crippen LogP contribution in [-0.2, 0) is 0 Å². The van der Waals surface area contributed by atoms with E-state index in [-0.39, 0.29) is 5.25 Å². The van der Waals surface area contributed by atoms with Gasteiger partial charge in [-0.15, -0.1) is 23.1 Å². The number of fused-ring (bicyclic) bond motifs is 1. The van der Waals surface area contributed by atoms with Gasteiger partial charge in [0.1, 0.15) is 0 Å². The van der Waals surface area contributed by atoms with Crippen LogP contribution in [0.3, 0.4) is 0 Å². The summed E-state index contributed by atoms with van der Waals surface area (Å²) in [5.41, 5.74) is 3.24. The summed E-state index contributed by atoms with van der Waals surface area (Å²) in [5, 5.41) is 3.67. The summed E-state index contributed by atoms with van der Waals surface area (Å²) in [7, 11) is 0. The lowest BCUT2D eigenvalue weighted by atomic mass is 10.1. The van der Waals surface area contributed by atoms with Gasteiger partial charge in [-0.05, 0) is 41.3 Å². The standard InChI is InChI=1S/C19H13Cl2NS2/c20-12-7-8-13(14(21)10-12)19-11-16(17-6-3-9-23-17)22-15-4-1-2-5-18(15)24-19/h1-10,19H,11H2. The van der Waals surface area contributed by atoms with Crippen molar-refractivity contribution in [3.8, 4) is 0 Å². The van der Waals surface area contributed by atoms with E-state index < -0.39 is 0 Å². The lowest BCUT2D eigenvalue weighted by Gasteiger charge is -2.17. The number of benzene rings is 2. The number of rotatable bonds is 2. The molecule has 0 radical (unpaired) electrons. The molecule has 0 amide bonds. The minimum atomic E-state index is 0.208. The number of thioether (sulfide) groups is 1. The van der Waals surface area contributed by atoms with Crippen molar-refractivity contribution in [2.24, 2.45) is 4.99 Å². The molecule has 1 unspecified atom stereocenters. The lowest BCUT2D eigenvalue weighted by molar-refractivity contribution is 1.01. The fraction of sp³-hybridized carbons (Fsp3) is 0.105. The number of aliphatic imine (C=N–C) groups is 1. The second kappa shape index (κ2) is 6.93. The Hall–Kier alpha value is -1.26. The van der Waals surface area contributed by atoms with E-state index in [0.29, 0.717) is 10.0 Å². The van der Waals surface area contributed by atoms with Crippen LogP contribution >= 0.6 is 46.3 Å². The Morgan fingerprint density at radius 2 is 1.88 bits per heavy atom. The molecule has 1 aliphatic heterocycles. The molecule has 3 aromatic rings. The fourth-order valence-electron chi connectivity index (χ4n) is 2.75. The third-order valence-electron chi connectivity index (χ3n) is 3.88. The van der Waals surface area contributed by atoms with Gasteiger partial charge in [-0.1, -0.05) is 47.5 Å². The third-order valence-corrected chi connectivity index (χ3v) is 6.67. The summed E-state index contributed by atoms with van der Waals surface area (Å²) in [6.45, 7) is 0. The van der Waals surface area contributed by atoms with Gasteiger partial charge in [0.15, 0.2) is 0 Å². The summed E-state index contributed by atoms with van der Waals surface area (Å²) < 4.78 is 0. The number of thiophene rings is 1. The highest BCUT2D eigenvalue weighted by Gasteiger charge is 2.24. The molecule has 120 valence electrons. The van der Waals surface area contributed by atoms with Gasteiger partial charge >= 0.3 is 0 Å². The molecule has 24 heavy (non-hydrogen) atoms. The smallest absolute Gasteiger partial charge is 0.0769 e. The molecular weight excluding hydrogens is 377 g/mol. The van der Waals surface area contributed by atoms with Crippen molar-refractivity contribution < 1.29 is 0 Å². The first-order valence-electron chi connectivity index (χ1n) is 7.53. The van der Waals surface area contributed by atoms with Gasteiger partial charge in [-0.3, -0.25) is 4.99 Å². The normalized spacial score (nSPS) is 17.1. The molecule has 0 spiro atoms. The Morgan fingerprint density at radius 1 is 1.00 bits per heavy atom. The fourth-order valence-corrected chi connectivity index (χ4v) is 5.35. The number of para-hydroxylation sites is 1. The van der Waals surface area contributed by atoms with Crippen molar-refractivity contribution >= 4 is 57.7 Å². The van der Waals surface area contributed by atoms with Gasteiger partial charge < -0.3 is 0 Å². The summed E-state index contributed by atoms with van der Waals surface area (Å²) in [4.78, 5) is 7.33. The van der Waals surface area contributed by atoms with E-state index in [1.807, 2.05) is 36.0 Å². The molecule has 1 nitrogen and oxygen atoms in total. The minimum Gasteiger partial charge on any atom is -0.251 e. The van der Waals surface area contributed by atoms with Crippen LogP contribution in [-0.4, -0.2) is 5.71 Å². The first-order chi connectivity index (χ1) is 11.7. The Kier molecular flexibility index (Phi) is 4.68. The molecule has 2 aromatic carbocycles. The van der Waals surface area contributed by atoms with Crippen molar-refractivity contribution in [3.63, 3.8) is 0 Å². The second-order valence-corrected chi connectivity index (χ2v) is 8.52. The van der Waals surface area contributed by atoms with Gasteiger partial charge in [0.2, 0.25) is 0 Å². The number of halogens is 2. The Labute approximate surface area is 159 Å². The summed E-state index contributed by atoms with van der Waals surface area (Å²) >= 11 is 16.1. The average Bonchev–Trinajstić information content (AvgIpc) is 3.03. The van der Waals surface area contributed by atoms with Crippen molar-refractivity contribution in [1.29, 1.82) is 0 Å². The molecule has 1 aliphatic rings. The van der Waals surface area contributed by atoms with Crippen molar-refractivity contribution in [1.82, 2.24) is 0 Å². The van der Waals surface area contributed by atoms with Crippen LogP contribution in [0.25, 0.3) is 0 Å². The lowest BCUT2D eigenvalue weighted by Crippen LogP contribution is -2.04. The molecule has 0 saturated heterocycles. The molecule has 4 rings (SSSR count). The number of hydrogen-bond donors (Lipinski definition) is 0. The average molecular weight is 390 g/mol. The van der Waals surface area contributed by atoms with Gasteiger partial charge in [0.25, 0.3) is 0 Å². The van der Waals surface area contributed by atoms with E-state index >= 15 is 0 Å². The maximum atomic E-state index is 6.48. The second-order valence-electron chi connectivity index (χ2n) is 5.48. The van der Waals surface area contributed by atoms with Crippen molar-refractivity contribution in [2.75, 3.05) is 0 Å². The molecule has 1 atom stereocenters. The predicted octanol–water partition coefficient (Wildman–Crippen LogP) is 7.41. The SMILES string of the molecule is Clc1ccc(C2CC(c3cccs3)=Nc3ccccc3S2)c(Cl)c1. The summed E-state index contributed by atoms with van der Waals surface area (Å²) in [6.07, 6.45) is 0.835. The largest absolute Gasteiger partial charge is 0.251 e. The zero-order valence-electron chi connectivity index (χ0n) is 12.6. The minimum absolute atomic E-state index is 0.208. The zero-order valence-corrected chi connectivity index (χ0v) is 15.7. The Bertz CT molecular complexity index is 903. The Balaban J connectivity index is 1.81. The summed E-state index contributed by atoms with van der Waals surface area (Å²) in [6, 6.07) is 18.2. The van der Waals surface area contributed by atoms with E-state index in [1.165, 1.54) is 9.77 Å². The third kappa shape index (κ3) is 3.27. The van der Waals surface area contributed by atoms with Crippen LogP contribution in [0.2, 0.25) is 10.0 Å². The molecule has 5 heteroatoms. The zero-order chi connectivity index (χ0) is 16.5. The van der Waals surface area contributed by atoms with E-state index in [2.05, 4.69) is 35.7 Å². The van der Waals surface area contributed by atoms with Gasteiger partial charge in [-0.2, -0.15) is 0 Å². The predicted molar refractivity (Wildman–Crippen MR) is 107 cm³/mol. The van der Waals surface area contributed by atoms with Crippen LogP contribution in [0.15, 0.2) is 69.9 Å². The maximum Gasteiger partial charge on any atom is 0.0769 e. The molecule has 0 saturated carbocycles. The van der Waals surface area contributed by atoms with Crippen molar-refractivity contribution in [2.45, 2.75) is 16.6 Å². The summed E-state index contributed by atoms with van der Waals surface area (Å²) in [5.74, 6) is 0. The number of nitrogens with zero attached hydrogens (tertiary/aromatic N) is 1. The molecule has 0 N–H and O–H groups in total. The van der Waals surface area contributed by atoms with Crippen molar-refractivity contribution in [3.05, 3.63) is 80.5 Å². The first kappa shape index (κ1) is 16.2. The van der Waals surface area contributed by atoms with Crippen LogP contribution < -0.4 is 0 Å². The molecule has 2 heterocycles. The molecular formula is C19H13Cl2NS2. The molecule has 0 bridgehead atoms. The molecule has 0 aliphatic carbocycles. The highest BCUT2D eigenvalue weighted by Crippen LogP contribution is 2.47. The van der Waals surface area contributed by atoms with Gasteiger partial charge in [0.05, 0.1) is 11.4 Å². The topological polar surface area (TPSA) is 12.4 Å². The van der Waals surface area contributed by atoms with Crippen LogP contribution in [0.4, 0.5) is 5.69 Å². The first-order valence-corrected chi connectivity index (χ1v) is 10.0. The van der Waals surface area contributed by atoms with Gasteiger partial charge in [-0.25, -0.2) is 0 Å². The molecule has 1 aromatic heterocycles. The number of hydrogen-bond acceptors (Lipinski definition) is 3. The van der Waals surface area contributed by atoms with E-state index in [9.17, 15) is 0 Å².